The minimum Gasteiger partial charge on any atom is -0.281 e. The molecule has 0 N–H and O–H groups in total. The van der Waals surface area contributed by atoms with Crippen LogP contribution in [0.2, 0.25) is 0 Å². The topological polar surface area (TPSA) is 17.3 Å². The lowest BCUT2D eigenvalue weighted by Gasteiger charge is -1.96. The van der Waals surface area contributed by atoms with Crippen molar-refractivity contribution in [1.29, 1.82) is 0 Å². The van der Waals surface area contributed by atoms with E-state index in [1.807, 2.05) is 0 Å². The highest BCUT2D eigenvalue weighted by Gasteiger charge is 2.30. The Morgan fingerprint density at radius 2 is 2.43 bits per heavy atom. The Morgan fingerprint density at radius 3 is 3.07 bits per heavy atom. The van der Waals surface area contributed by atoms with Gasteiger partial charge in [0.2, 0.25) is 0 Å². The zero-order chi connectivity index (χ0) is 9.71. The van der Waals surface area contributed by atoms with Crippen LogP contribution < -0.4 is 0 Å². The average molecular weight is 271 g/mol. The quantitative estimate of drug-likeness (QED) is 0.815. The molecule has 74 valence electrons. The normalized spacial score (nSPS) is 16.7. The van der Waals surface area contributed by atoms with Gasteiger partial charge >= 0.3 is 0 Å². The van der Waals surface area contributed by atoms with Crippen molar-refractivity contribution >= 4 is 32.2 Å². The van der Waals surface area contributed by atoms with Crippen LogP contribution in [0.25, 0.3) is 4.96 Å². The van der Waals surface area contributed by atoms with Crippen molar-refractivity contribution in [2.45, 2.75) is 32.1 Å². The number of rotatable bonds is 2. The van der Waals surface area contributed by atoms with Crippen LogP contribution in [0.15, 0.2) is 9.98 Å². The van der Waals surface area contributed by atoms with E-state index in [2.05, 4.69) is 37.6 Å². The molecule has 0 radical (unpaired) electrons. The van der Waals surface area contributed by atoms with E-state index in [4.69, 9.17) is 0 Å². The average Bonchev–Trinajstić information content (AvgIpc) is 2.86. The van der Waals surface area contributed by atoms with E-state index < -0.39 is 0 Å². The molecule has 0 amide bonds. The van der Waals surface area contributed by atoms with Gasteiger partial charge < -0.3 is 0 Å². The Morgan fingerprint density at radius 1 is 1.64 bits per heavy atom. The summed E-state index contributed by atoms with van der Waals surface area (Å²) in [4.78, 5) is 5.81. The number of aryl methyl sites for hydroxylation is 1. The molecule has 0 spiro atoms. The molecule has 2 aromatic rings. The van der Waals surface area contributed by atoms with Gasteiger partial charge in [0.25, 0.3) is 0 Å². The molecule has 2 heterocycles. The monoisotopic (exact) mass is 270 g/mol. The van der Waals surface area contributed by atoms with E-state index in [9.17, 15) is 0 Å². The van der Waals surface area contributed by atoms with Crippen LogP contribution in [-0.4, -0.2) is 9.38 Å². The molecule has 0 saturated heterocycles. The maximum absolute atomic E-state index is 4.68. The highest BCUT2D eigenvalue weighted by molar-refractivity contribution is 9.10. The lowest BCUT2D eigenvalue weighted by Crippen LogP contribution is -1.89. The number of hydrogen-bond donors (Lipinski definition) is 0. The smallest absolute Gasteiger partial charge is 0.195 e. The second-order valence-corrected chi connectivity index (χ2v) is 5.35. The highest BCUT2D eigenvalue weighted by atomic mass is 79.9. The molecule has 4 heteroatoms. The number of hydrogen-bond acceptors (Lipinski definition) is 2. The number of halogens is 1. The maximum Gasteiger partial charge on any atom is 0.195 e. The van der Waals surface area contributed by atoms with E-state index in [0.29, 0.717) is 0 Å². The molecule has 0 atom stereocenters. The number of nitrogens with zero attached hydrogens (tertiary/aromatic N) is 2. The summed E-state index contributed by atoms with van der Waals surface area (Å²) < 4.78 is 3.44. The van der Waals surface area contributed by atoms with Crippen molar-refractivity contribution in [3.05, 3.63) is 21.4 Å². The molecule has 1 aliphatic carbocycles. The van der Waals surface area contributed by atoms with Gasteiger partial charge in [0.05, 0.1) is 5.69 Å². The molecule has 1 fully saturated rings. The van der Waals surface area contributed by atoms with Crippen molar-refractivity contribution in [2.24, 2.45) is 0 Å². The largest absolute Gasteiger partial charge is 0.281 e. The summed E-state index contributed by atoms with van der Waals surface area (Å²) in [6.45, 7) is 2.19. The van der Waals surface area contributed by atoms with Crippen LogP contribution in [0.3, 0.4) is 0 Å². The molecule has 0 bridgehead atoms. The summed E-state index contributed by atoms with van der Waals surface area (Å²) in [5.41, 5.74) is 2.63. The Labute approximate surface area is 95.1 Å². The van der Waals surface area contributed by atoms with Crippen molar-refractivity contribution in [2.75, 3.05) is 0 Å². The fourth-order valence-corrected chi connectivity index (χ4v) is 3.66. The van der Waals surface area contributed by atoms with Crippen molar-refractivity contribution in [1.82, 2.24) is 9.38 Å². The van der Waals surface area contributed by atoms with Crippen LogP contribution in [0.1, 0.15) is 37.1 Å². The van der Waals surface area contributed by atoms with Gasteiger partial charge in [-0.2, -0.15) is 0 Å². The lowest BCUT2D eigenvalue weighted by molar-refractivity contribution is 0.970. The molecule has 1 aliphatic rings. The first-order chi connectivity index (χ1) is 6.81. The fourth-order valence-electron chi connectivity index (χ4n) is 1.76. The Kier molecular flexibility index (Phi) is 1.96. The summed E-state index contributed by atoms with van der Waals surface area (Å²) in [6, 6.07) is 0. The second-order valence-electron chi connectivity index (χ2n) is 3.76. The summed E-state index contributed by atoms with van der Waals surface area (Å²) in [6.07, 6.45) is 3.69. The predicted molar refractivity (Wildman–Crippen MR) is 62.1 cm³/mol. The molecule has 2 aromatic heterocycles. The van der Waals surface area contributed by atoms with Gasteiger partial charge in [-0.3, -0.25) is 4.40 Å². The van der Waals surface area contributed by atoms with E-state index in [1.54, 1.807) is 11.3 Å². The predicted octanol–water partition coefficient (Wildman–Crippen LogP) is 3.60. The number of aromatic nitrogens is 2. The zero-order valence-electron chi connectivity index (χ0n) is 7.96. The summed E-state index contributed by atoms with van der Waals surface area (Å²) >= 11 is 5.41. The molecule has 14 heavy (non-hydrogen) atoms. The number of fused-ring (bicyclic) bond motifs is 1. The van der Waals surface area contributed by atoms with Crippen LogP contribution in [0, 0.1) is 0 Å². The first-order valence-electron chi connectivity index (χ1n) is 4.95. The third-order valence-electron chi connectivity index (χ3n) is 2.73. The highest BCUT2D eigenvalue weighted by Crippen LogP contribution is 2.43. The van der Waals surface area contributed by atoms with Gasteiger partial charge in [0, 0.05) is 17.0 Å². The SMILES string of the molecule is CCc1csc2nc(C3CC3)c(Br)n12. The Balaban J connectivity index is 2.25. The van der Waals surface area contributed by atoms with E-state index in [0.717, 1.165) is 17.3 Å². The molecular formula is C10H11BrN2S. The molecule has 0 aromatic carbocycles. The third-order valence-corrected chi connectivity index (χ3v) is 4.36. The Bertz CT molecular complexity index is 481. The van der Waals surface area contributed by atoms with Crippen molar-refractivity contribution in [3.63, 3.8) is 0 Å². The van der Waals surface area contributed by atoms with Crippen LogP contribution >= 0.6 is 27.3 Å². The van der Waals surface area contributed by atoms with E-state index in [1.165, 1.54) is 28.8 Å². The first-order valence-corrected chi connectivity index (χ1v) is 6.62. The zero-order valence-corrected chi connectivity index (χ0v) is 10.4. The molecule has 3 rings (SSSR count). The fraction of sp³-hybridized carbons (Fsp3) is 0.500. The number of thiazole rings is 1. The third kappa shape index (κ3) is 1.17. The van der Waals surface area contributed by atoms with Crippen LogP contribution in [0.5, 0.6) is 0 Å². The summed E-state index contributed by atoms with van der Waals surface area (Å²) in [7, 11) is 0. The van der Waals surface area contributed by atoms with Crippen molar-refractivity contribution < 1.29 is 0 Å². The number of imidazole rings is 1. The molecule has 1 saturated carbocycles. The van der Waals surface area contributed by atoms with Gasteiger partial charge in [0.15, 0.2) is 4.96 Å². The standard InChI is InChI=1S/C10H11BrN2S/c1-2-7-5-14-10-12-8(6-3-4-6)9(11)13(7)10/h5-6H,2-4H2,1H3. The van der Waals surface area contributed by atoms with Gasteiger partial charge in [-0.25, -0.2) is 4.98 Å². The molecule has 0 unspecified atom stereocenters. The lowest BCUT2D eigenvalue weighted by atomic mass is 10.3. The molecule has 2 nitrogen and oxygen atoms in total. The summed E-state index contributed by atoms with van der Waals surface area (Å²) in [5.74, 6) is 0.723. The molecule has 0 aliphatic heterocycles. The van der Waals surface area contributed by atoms with E-state index in [-0.39, 0.29) is 0 Å². The maximum atomic E-state index is 4.68. The second kappa shape index (κ2) is 3.07. The van der Waals surface area contributed by atoms with Gasteiger partial charge in [0.1, 0.15) is 4.60 Å². The van der Waals surface area contributed by atoms with Crippen molar-refractivity contribution in [3.8, 4) is 0 Å². The first kappa shape index (κ1) is 8.92. The minimum absolute atomic E-state index is 0.723. The van der Waals surface area contributed by atoms with Gasteiger partial charge in [-0.15, -0.1) is 11.3 Å². The minimum atomic E-state index is 0.723. The van der Waals surface area contributed by atoms with Crippen LogP contribution in [-0.2, 0) is 6.42 Å². The van der Waals surface area contributed by atoms with Gasteiger partial charge in [-0.1, -0.05) is 6.92 Å². The van der Waals surface area contributed by atoms with Gasteiger partial charge in [-0.05, 0) is 35.2 Å². The molecular weight excluding hydrogens is 260 g/mol. The van der Waals surface area contributed by atoms with E-state index >= 15 is 0 Å². The Hall–Kier alpha value is -0.350. The van der Waals surface area contributed by atoms with Crippen LogP contribution in [0.4, 0.5) is 0 Å². The summed E-state index contributed by atoms with van der Waals surface area (Å²) in [5, 5.41) is 2.20.